The molecule has 0 fully saturated rings. The van der Waals surface area contributed by atoms with E-state index in [1.165, 1.54) is 12.1 Å². The molecule has 4 N–H and O–H groups in total. The summed E-state index contributed by atoms with van der Waals surface area (Å²) in [5.41, 5.74) is 0.540. The highest BCUT2D eigenvalue weighted by molar-refractivity contribution is 5.60. The summed E-state index contributed by atoms with van der Waals surface area (Å²) in [6, 6.07) is 2.63. The maximum atomic E-state index is 8.96. The van der Waals surface area contributed by atoms with Crippen molar-refractivity contribution in [2.24, 2.45) is 0 Å². The Morgan fingerprint density at radius 1 is 1.09 bits per heavy atom. The Labute approximate surface area is 63.7 Å². The van der Waals surface area contributed by atoms with Crippen molar-refractivity contribution in [3.05, 3.63) is 12.1 Å². The van der Waals surface area contributed by atoms with Crippen LogP contribution in [0.1, 0.15) is 0 Å². The zero-order chi connectivity index (χ0) is 8.43. The molecule has 1 aromatic carbocycles. The zero-order valence-corrected chi connectivity index (χ0v) is 6.00. The molecule has 0 aliphatic rings. The molecule has 0 atom stereocenters. The predicted molar refractivity (Wildman–Crippen MR) is 41.0 cm³/mol. The van der Waals surface area contributed by atoms with E-state index in [9.17, 15) is 0 Å². The number of hydrogen-bond acceptors (Lipinski definition) is 4. The van der Waals surface area contributed by atoms with Crippen LogP contribution in [-0.2, 0) is 0 Å². The number of aromatic hydroxyl groups is 3. The summed E-state index contributed by atoms with van der Waals surface area (Å²) >= 11 is 0. The van der Waals surface area contributed by atoms with E-state index in [1.54, 1.807) is 7.05 Å². The van der Waals surface area contributed by atoms with Crippen molar-refractivity contribution >= 4 is 5.69 Å². The Kier molecular flexibility index (Phi) is 1.76. The number of anilines is 1. The molecule has 11 heavy (non-hydrogen) atoms. The molecule has 0 aromatic heterocycles. The number of phenolic OH excluding ortho intramolecular Hbond substituents is 3. The summed E-state index contributed by atoms with van der Waals surface area (Å²) in [5, 5.41) is 29.5. The minimum absolute atomic E-state index is 0.339. The molecule has 4 heteroatoms. The Morgan fingerprint density at radius 3 is 1.91 bits per heavy atom. The van der Waals surface area contributed by atoms with Gasteiger partial charge in [0, 0.05) is 24.9 Å². The normalized spacial score (nSPS) is 9.55. The van der Waals surface area contributed by atoms with Gasteiger partial charge in [-0.3, -0.25) is 0 Å². The molecule has 1 rings (SSSR count). The second kappa shape index (κ2) is 2.57. The molecule has 1 aromatic rings. The molecule has 0 heterocycles. The third kappa shape index (κ3) is 1.29. The van der Waals surface area contributed by atoms with Crippen LogP contribution in [-0.4, -0.2) is 22.4 Å². The van der Waals surface area contributed by atoms with Gasteiger partial charge in [-0.15, -0.1) is 0 Å². The maximum absolute atomic E-state index is 8.96. The van der Waals surface area contributed by atoms with Gasteiger partial charge in [0.25, 0.3) is 0 Å². The lowest BCUT2D eigenvalue weighted by Gasteiger charge is -2.03. The third-order valence-electron chi connectivity index (χ3n) is 1.36. The highest BCUT2D eigenvalue weighted by Gasteiger charge is 2.06. The average molecular weight is 155 g/mol. The Balaban J connectivity index is 3.21. The second-order valence-electron chi connectivity index (χ2n) is 2.11. The lowest BCUT2D eigenvalue weighted by Crippen LogP contribution is -1.86. The highest BCUT2D eigenvalue weighted by atomic mass is 16.3. The van der Waals surface area contributed by atoms with Gasteiger partial charge >= 0.3 is 0 Å². The molecule has 0 amide bonds. The van der Waals surface area contributed by atoms with Gasteiger partial charge < -0.3 is 20.6 Å². The van der Waals surface area contributed by atoms with E-state index >= 15 is 0 Å². The Hall–Kier alpha value is -1.58. The first-order chi connectivity index (χ1) is 5.15. The number of benzene rings is 1. The highest BCUT2D eigenvalue weighted by Crippen LogP contribution is 2.36. The van der Waals surface area contributed by atoms with Crippen molar-refractivity contribution in [1.82, 2.24) is 0 Å². The smallest absolute Gasteiger partial charge is 0.200 e. The number of nitrogens with one attached hydrogen (secondary N) is 1. The van der Waals surface area contributed by atoms with Crippen LogP contribution < -0.4 is 5.32 Å². The molecule has 0 spiro atoms. The third-order valence-corrected chi connectivity index (χ3v) is 1.36. The molecule has 0 aliphatic heterocycles. The average Bonchev–Trinajstić information content (AvgIpc) is 1.99. The van der Waals surface area contributed by atoms with Crippen LogP contribution in [0.15, 0.2) is 12.1 Å². The summed E-state index contributed by atoms with van der Waals surface area (Å²) in [6.45, 7) is 0. The van der Waals surface area contributed by atoms with Crippen LogP contribution in [0, 0.1) is 0 Å². The molecule has 4 nitrogen and oxygen atoms in total. The van der Waals surface area contributed by atoms with Crippen molar-refractivity contribution in [2.45, 2.75) is 0 Å². The first kappa shape index (κ1) is 7.53. The zero-order valence-electron chi connectivity index (χ0n) is 6.00. The van der Waals surface area contributed by atoms with Gasteiger partial charge in [0.15, 0.2) is 17.2 Å². The van der Waals surface area contributed by atoms with Crippen LogP contribution in [0.2, 0.25) is 0 Å². The SMILES string of the molecule is CNc1cc(O)c(O)c(O)c1. The van der Waals surface area contributed by atoms with Crippen molar-refractivity contribution in [3.63, 3.8) is 0 Å². The van der Waals surface area contributed by atoms with E-state index < -0.39 is 5.75 Å². The molecule has 0 radical (unpaired) electrons. The van der Waals surface area contributed by atoms with Gasteiger partial charge in [0.1, 0.15) is 0 Å². The lowest BCUT2D eigenvalue weighted by atomic mass is 10.2. The second-order valence-corrected chi connectivity index (χ2v) is 2.11. The molecule has 0 saturated heterocycles. The maximum Gasteiger partial charge on any atom is 0.200 e. The van der Waals surface area contributed by atoms with Crippen LogP contribution in [0.25, 0.3) is 0 Å². The summed E-state index contributed by atoms with van der Waals surface area (Å²) in [4.78, 5) is 0. The molecule has 60 valence electrons. The number of hydrogen-bond donors (Lipinski definition) is 4. The fourth-order valence-corrected chi connectivity index (χ4v) is 0.749. The monoisotopic (exact) mass is 155 g/mol. The summed E-state index contributed by atoms with van der Waals surface area (Å²) < 4.78 is 0. The van der Waals surface area contributed by atoms with Gasteiger partial charge in [-0.05, 0) is 0 Å². The first-order valence-corrected chi connectivity index (χ1v) is 3.08. The van der Waals surface area contributed by atoms with Gasteiger partial charge in [0.2, 0.25) is 0 Å². The standard InChI is InChI=1S/C7H9NO3/c1-8-4-2-5(9)7(11)6(10)3-4/h2-3,8-11H,1H3. The molecular weight excluding hydrogens is 146 g/mol. The van der Waals surface area contributed by atoms with Crippen molar-refractivity contribution in [1.29, 1.82) is 0 Å². The van der Waals surface area contributed by atoms with E-state index in [-0.39, 0.29) is 11.5 Å². The van der Waals surface area contributed by atoms with E-state index in [1.807, 2.05) is 0 Å². The topological polar surface area (TPSA) is 72.7 Å². The molecule has 0 aliphatic carbocycles. The van der Waals surface area contributed by atoms with Gasteiger partial charge in [0.05, 0.1) is 0 Å². The minimum atomic E-state index is -0.496. The van der Waals surface area contributed by atoms with Gasteiger partial charge in [-0.25, -0.2) is 0 Å². The Morgan fingerprint density at radius 2 is 1.55 bits per heavy atom. The minimum Gasteiger partial charge on any atom is -0.504 e. The number of rotatable bonds is 1. The lowest BCUT2D eigenvalue weighted by molar-refractivity contribution is 0.368. The summed E-state index contributed by atoms with van der Waals surface area (Å²) in [7, 11) is 1.64. The number of phenols is 3. The summed E-state index contributed by atoms with van der Waals surface area (Å²) in [6.07, 6.45) is 0. The van der Waals surface area contributed by atoms with Crippen molar-refractivity contribution in [3.8, 4) is 17.2 Å². The van der Waals surface area contributed by atoms with Gasteiger partial charge in [-0.2, -0.15) is 0 Å². The quantitative estimate of drug-likeness (QED) is 0.358. The summed E-state index contributed by atoms with van der Waals surface area (Å²) in [5.74, 6) is -1.17. The van der Waals surface area contributed by atoms with E-state index in [4.69, 9.17) is 15.3 Å². The van der Waals surface area contributed by atoms with Gasteiger partial charge in [-0.1, -0.05) is 0 Å². The fourth-order valence-electron chi connectivity index (χ4n) is 0.749. The fraction of sp³-hybridized carbons (Fsp3) is 0.143. The molecular formula is C7H9NO3. The van der Waals surface area contributed by atoms with E-state index in [0.717, 1.165) is 0 Å². The molecule has 0 unspecified atom stereocenters. The van der Waals surface area contributed by atoms with E-state index in [0.29, 0.717) is 5.69 Å². The predicted octanol–water partition coefficient (Wildman–Crippen LogP) is 0.845. The van der Waals surface area contributed by atoms with Crippen LogP contribution >= 0.6 is 0 Å². The first-order valence-electron chi connectivity index (χ1n) is 3.08. The van der Waals surface area contributed by atoms with Crippen LogP contribution in [0.3, 0.4) is 0 Å². The molecule has 0 bridgehead atoms. The molecule has 0 saturated carbocycles. The van der Waals surface area contributed by atoms with Crippen LogP contribution in [0.4, 0.5) is 5.69 Å². The van der Waals surface area contributed by atoms with Crippen LogP contribution in [0.5, 0.6) is 17.2 Å². The van der Waals surface area contributed by atoms with Crippen molar-refractivity contribution < 1.29 is 15.3 Å². The largest absolute Gasteiger partial charge is 0.504 e. The van der Waals surface area contributed by atoms with Crippen molar-refractivity contribution in [2.75, 3.05) is 12.4 Å². The van der Waals surface area contributed by atoms with E-state index in [2.05, 4.69) is 5.32 Å². The Bertz CT molecular complexity index is 249.